The Bertz CT molecular complexity index is 462. The Hall–Kier alpha value is -1.56. The van der Waals surface area contributed by atoms with E-state index >= 15 is 0 Å². The van der Waals surface area contributed by atoms with Gasteiger partial charge in [-0.25, -0.2) is 4.79 Å². The number of methoxy groups -OCH3 is 2. The van der Waals surface area contributed by atoms with Gasteiger partial charge in [-0.15, -0.1) is 0 Å². The van der Waals surface area contributed by atoms with Crippen molar-refractivity contribution in [1.29, 1.82) is 0 Å². The van der Waals surface area contributed by atoms with Crippen LogP contribution in [-0.4, -0.2) is 36.1 Å². The van der Waals surface area contributed by atoms with Crippen molar-refractivity contribution in [3.8, 4) is 0 Å². The highest BCUT2D eigenvalue weighted by atomic mass is 16.5. The van der Waals surface area contributed by atoms with Gasteiger partial charge in [0.2, 0.25) is 0 Å². The SMILES string of the molecule is COC(=O)c1c(N)c(C2CCC(OC)CC2)nn1C. The molecule has 0 aromatic carbocycles. The van der Waals surface area contributed by atoms with E-state index in [4.69, 9.17) is 15.2 Å². The molecular weight excluding hydrogens is 246 g/mol. The van der Waals surface area contributed by atoms with Crippen LogP contribution in [0.2, 0.25) is 0 Å². The number of esters is 1. The molecule has 1 saturated carbocycles. The number of nitrogen functional groups attached to an aromatic ring is 1. The molecule has 1 aromatic rings. The van der Waals surface area contributed by atoms with Crippen LogP contribution in [0.5, 0.6) is 0 Å². The Balaban J connectivity index is 2.20. The smallest absolute Gasteiger partial charge is 0.358 e. The maximum Gasteiger partial charge on any atom is 0.358 e. The number of carbonyl (C=O) groups is 1. The summed E-state index contributed by atoms with van der Waals surface area (Å²) in [7, 11) is 4.81. The third kappa shape index (κ3) is 2.58. The molecule has 0 amide bonds. The number of carbonyl (C=O) groups excluding carboxylic acids is 1. The lowest BCUT2D eigenvalue weighted by atomic mass is 9.84. The molecule has 19 heavy (non-hydrogen) atoms. The average molecular weight is 267 g/mol. The van der Waals surface area contributed by atoms with Crippen molar-refractivity contribution in [2.45, 2.75) is 37.7 Å². The van der Waals surface area contributed by atoms with Gasteiger partial charge in [-0.05, 0) is 25.7 Å². The molecule has 0 atom stereocenters. The predicted molar refractivity (Wildman–Crippen MR) is 71.0 cm³/mol. The number of hydrogen-bond donors (Lipinski definition) is 1. The summed E-state index contributed by atoms with van der Waals surface area (Å²) in [5, 5.41) is 4.40. The van der Waals surface area contributed by atoms with Gasteiger partial charge >= 0.3 is 5.97 Å². The Morgan fingerprint density at radius 2 is 1.95 bits per heavy atom. The number of nitrogens with two attached hydrogens (primary N) is 1. The van der Waals surface area contributed by atoms with Crippen molar-refractivity contribution in [3.05, 3.63) is 11.4 Å². The summed E-state index contributed by atoms with van der Waals surface area (Å²) >= 11 is 0. The highest BCUT2D eigenvalue weighted by molar-refractivity contribution is 5.93. The third-order valence-corrected chi connectivity index (χ3v) is 3.89. The van der Waals surface area contributed by atoms with Gasteiger partial charge in [0.1, 0.15) is 0 Å². The van der Waals surface area contributed by atoms with Crippen LogP contribution in [0.1, 0.15) is 47.8 Å². The van der Waals surface area contributed by atoms with Crippen LogP contribution in [0.15, 0.2) is 0 Å². The number of ether oxygens (including phenoxy) is 2. The molecule has 1 aliphatic carbocycles. The highest BCUT2D eigenvalue weighted by Crippen LogP contribution is 2.36. The zero-order chi connectivity index (χ0) is 14.0. The minimum absolute atomic E-state index is 0.302. The zero-order valence-electron chi connectivity index (χ0n) is 11.7. The van der Waals surface area contributed by atoms with Crippen molar-refractivity contribution in [3.63, 3.8) is 0 Å². The van der Waals surface area contributed by atoms with E-state index in [9.17, 15) is 4.79 Å². The van der Waals surface area contributed by atoms with Gasteiger partial charge in [-0.1, -0.05) is 0 Å². The summed E-state index contributed by atoms with van der Waals surface area (Å²) in [6.07, 6.45) is 4.32. The first-order valence-electron chi connectivity index (χ1n) is 6.52. The van der Waals surface area contributed by atoms with Crippen molar-refractivity contribution < 1.29 is 14.3 Å². The molecular formula is C13H21N3O3. The fraction of sp³-hybridized carbons (Fsp3) is 0.692. The van der Waals surface area contributed by atoms with Gasteiger partial charge in [-0.2, -0.15) is 5.10 Å². The topological polar surface area (TPSA) is 79.4 Å². The minimum atomic E-state index is -0.440. The quantitative estimate of drug-likeness (QED) is 0.839. The van der Waals surface area contributed by atoms with E-state index in [-0.39, 0.29) is 0 Å². The molecule has 1 aromatic heterocycles. The first-order chi connectivity index (χ1) is 9.08. The standard InChI is InChI=1S/C13H21N3O3/c1-16-12(13(17)19-3)10(14)11(15-16)8-4-6-9(18-2)7-5-8/h8-9H,4-7,14H2,1-3H3. The van der Waals surface area contributed by atoms with Crippen molar-refractivity contribution in [2.75, 3.05) is 20.0 Å². The molecule has 6 nitrogen and oxygen atoms in total. The molecule has 0 saturated heterocycles. The first kappa shape index (κ1) is 13.9. The molecule has 6 heteroatoms. The fourth-order valence-corrected chi connectivity index (χ4v) is 2.77. The second-order valence-corrected chi connectivity index (χ2v) is 4.97. The number of aromatic nitrogens is 2. The third-order valence-electron chi connectivity index (χ3n) is 3.89. The molecule has 0 aliphatic heterocycles. The number of rotatable bonds is 3. The molecule has 0 bridgehead atoms. The van der Waals surface area contributed by atoms with Gasteiger partial charge in [0.25, 0.3) is 0 Å². The van der Waals surface area contributed by atoms with E-state index in [1.54, 1.807) is 14.2 Å². The number of anilines is 1. The van der Waals surface area contributed by atoms with E-state index in [2.05, 4.69) is 5.10 Å². The predicted octanol–water partition coefficient (Wildman–Crippen LogP) is 1.46. The lowest BCUT2D eigenvalue weighted by molar-refractivity contribution is 0.0589. The maximum atomic E-state index is 11.7. The van der Waals surface area contributed by atoms with Crippen LogP contribution in [0.25, 0.3) is 0 Å². The van der Waals surface area contributed by atoms with Crippen LogP contribution in [0.4, 0.5) is 5.69 Å². The van der Waals surface area contributed by atoms with E-state index in [0.717, 1.165) is 31.4 Å². The monoisotopic (exact) mass is 267 g/mol. The molecule has 0 spiro atoms. The van der Waals surface area contributed by atoms with Crippen LogP contribution in [0, 0.1) is 0 Å². The zero-order valence-corrected chi connectivity index (χ0v) is 11.7. The first-order valence-corrected chi connectivity index (χ1v) is 6.52. The van der Waals surface area contributed by atoms with Gasteiger partial charge in [0.05, 0.1) is 24.6 Å². The van der Waals surface area contributed by atoms with Crippen molar-refractivity contribution in [1.82, 2.24) is 9.78 Å². The van der Waals surface area contributed by atoms with Crippen LogP contribution >= 0.6 is 0 Å². The van der Waals surface area contributed by atoms with Crippen molar-refractivity contribution in [2.24, 2.45) is 7.05 Å². The maximum absolute atomic E-state index is 11.7. The summed E-state index contributed by atoms with van der Waals surface area (Å²) in [6.45, 7) is 0. The number of nitrogens with zero attached hydrogens (tertiary/aromatic N) is 2. The van der Waals surface area contributed by atoms with Crippen LogP contribution in [-0.2, 0) is 16.5 Å². The normalized spacial score (nSPS) is 23.3. The molecule has 0 unspecified atom stereocenters. The highest BCUT2D eigenvalue weighted by Gasteiger charge is 2.29. The molecule has 2 rings (SSSR count). The van der Waals surface area contributed by atoms with Crippen LogP contribution < -0.4 is 5.73 Å². The van der Waals surface area contributed by atoms with E-state index < -0.39 is 5.97 Å². The summed E-state index contributed by atoms with van der Waals surface area (Å²) in [4.78, 5) is 11.7. The molecule has 2 N–H and O–H groups in total. The summed E-state index contributed by atoms with van der Waals surface area (Å²) in [5.74, 6) is -0.139. The lowest BCUT2D eigenvalue weighted by Crippen LogP contribution is -2.20. The Kier molecular flexibility index (Phi) is 4.09. The fourth-order valence-electron chi connectivity index (χ4n) is 2.77. The Morgan fingerprint density at radius 1 is 1.32 bits per heavy atom. The van der Waals surface area contributed by atoms with E-state index in [1.165, 1.54) is 11.8 Å². The number of aryl methyl sites for hydroxylation is 1. The largest absolute Gasteiger partial charge is 0.464 e. The average Bonchev–Trinajstić information content (AvgIpc) is 2.73. The molecule has 1 fully saturated rings. The molecule has 1 aliphatic rings. The molecule has 0 radical (unpaired) electrons. The second-order valence-electron chi connectivity index (χ2n) is 4.97. The molecule has 106 valence electrons. The number of hydrogen-bond acceptors (Lipinski definition) is 5. The lowest BCUT2D eigenvalue weighted by Gasteiger charge is -2.26. The summed E-state index contributed by atoms with van der Waals surface area (Å²) in [5.41, 5.74) is 7.67. The molecule has 1 heterocycles. The Morgan fingerprint density at radius 3 is 2.47 bits per heavy atom. The van der Waals surface area contributed by atoms with Crippen LogP contribution in [0.3, 0.4) is 0 Å². The van der Waals surface area contributed by atoms with Gasteiger partial charge in [0, 0.05) is 20.1 Å². The Labute approximate surface area is 112 Å². The van der Waals surface area contributed by atoms with E-state index in [1.807, 2.05) is 0 Å². The summed E-state index contributed by atoms with van der Waals surface area (Å²) < 4.78 is 11.6. The van der Waals surface area contributed by atoms with Gasteiger partial charge < -0.3 is 15.2 Å². The summed E-state index contributed by atoms with van der Waals surface area (Å²) in [6, 6.07) is 0. The minimum Gasteiger partial charge on any atom is -0.464 e. The van der Waals surface area contributed by atoms with Crippen molar-refractivity contribution >= 4 is 11.7 Å². The van der Waals surface area contributed by atoms with E-state index in [0.29, 0.717) is 23.4 Å². The van der Waals surface area contributed by atoms with Gasteiger partial charge in [0.15, 0.2) is 5.69 Å². The van der Waals surface area contributed by atoms with Gasteiger partial charge in [-0.3, -0.25) is 4.68 Å². The second kappa shape index (κ2) is 5.61.